The molecule has 0 spiro atoms. The predicted molar refractivity (Wildman–Crippen MR) is 64.7 cm³/mol. The van der Waals surface area contributed by atoms with Gasteiger partial charge in [0.15, 0.2) is 0 Å². The molecule has 1 unspecified atom stereocenters. The fourth-order valence-corrected chi connectivity index (χ4v) is 0.977. The van der Waals surface area contributed by atoms with Crippen molar-refractivity contribution in [2.75, 3.05) is 20.3 Å². The van der Waals surface area contributed by atoms with Crippen molar-refractivity contribution in [3.63, 3.8) is 0 Å². The monoisotopic (exact) mass is 245 g/mol. The molecule has 0 N–H and O–H groups in total. The van der Waals surface area contributed by atoms with E-state index in [9.17, 15) is 9.59 Å². The van der Waals surface area contributed by atoms with Gasteiger partial charge in [0.25, 0.3) is 0 Å². The molecule has 0 rings (SSSR count). The zero-order chi connectivity index (χ0) is 13.4. The third kappa shape index (κ3) is 6.14. The van der Waals surface area contributed by atoms with Crippen LogP contribution in [0.3, 0.4) is 0 Å². The second-order valence-corrected chi connectivity index (χ2v) is 4.43. The SMILES string of the molecule is CCCOC(=O)N(C)C(C)C(=O)OCC(C)C. The Labute approximate surface area is 103 Å². The Morgan fingerprint density at radius 3 is 2.24 bits per heavy atom. The predicted octanol–water partition coefficient (Wildman–Crippen LogP) is 2.05. The number of hydrogen-bond donors (Lipinski definition) is 0. The quantitative estimate of drug-likeness (QED) is 0.672. The number of hydrogen-bond acceptors (Lipinski definition) is 4. The summed E-state index contributed by atoms with van der Waals surface area (Å²) in [5.74, 6) is -0.127. The fraction of sp³-hybridized carbons (Fsp3) is 0.833. The molecular weight excluding hydrogens is 222 g/mol. The van der Waals surface area contributed by atoms with Crippen molar-refractivity contribution in [2.45, 2.75) is 40.2 Å². The highest BCUT2D eigenvalue weighted by Crippen LogP contribution is 2.03. The third-order valence-corrected chi connectivity index (χ3v) is 2.20. The molecule has 5 heteroatoms. The highest BCUT2D eigenvalue weighted by atomic mass is 16.6. The van der Waals surface area contributed by atoms with Crippen LogP contribution in [0.1, 0.15) is 34.1 Å². The maximum atomic E-state index is 11.6. The van der Waals surface area contributed by atoms with E-state index in [-0.39, 0.29) is 5.92 Å². The van der Waals surface area contributed by atoms with Gasteiger partial charge in [0.05, 0.1) is 13.2 Å². The van der Waals surface area contributed by atoms with Gasteiger partial charge in [0.2, 0.25) is 0 Å². The first-order valence-electron chi connectivity index (χ1n) is 5.96. The van der Waals surface area contributed by atoms with Crippen molar-refractivity contribution in [3.8, 4) is 0 Å². The molecule has 0 bridgehead atoms. The lowest BCUT2D eigenvalue weighted by Gasteiger charge is -2.23. The summed E-state index contributed by atoms with van der Waals surface area (Å²) in [5.41, 5.74) is 0. The first-order chi connectivity index (χ1) is 7.90. The summed E-state index contributed by atoms with van der Waals surface area (Å²) < 4.78 is 9.98. The van der Waals surface area contributed by atoms with E-state index in [0.29, 0.717) is 13.2 Å². The third-order valence-electron chi connectivity index (χ3n) is 2.20. The van der Waals surface area contributed by atoms with Crippen LogP contribution >= 0.6 is 0 Å². The minimum absolute atomic E-state index is 0.281. The second kappa shape index (κ2) is 7.92. The van der Waals surface area contributed by atoms with E-state index in [4.69, 9.17) is 9.47 Å². The number of esters is 1. The zero-order valence-corrected chi connectivity index (χ0v) is 11.4. The Hall–Kier alpha value is -1.26. The Bertz CT molecular complexity index is 253. The van der Waals surface area contributed by atoms with E-state index in [1.165, 1.54) is 11.9 Å². The van der Waals surface area contributed by atoms with E-state index in [1.807, 2.05) is 20.8 Å². The summed E-state index contributed by atoms with van der Waals surface area (Å²) in [6.07, 6.45) is 0.256. The molecule has 17 heavy (non-hydrogen) atoms. The van der Waals surface area contributed by atoms with Gasteiger partial charge < -0.3 is 9.47 Å². The molecule has 0 aliphatic rings. The van der Waals surface area contributed by atoms with Crippen LogP contribution in [0.15, 0.2) is 0 Å². The highest BCUT2D eigenvalue weighted by Gasteiger charge is 2.24. The minimum atomic E-state index is -0.627. The smallest absolute Gasteiger partial charge is 0.410 e. The van der Waals surface area contributed by atoms with Crippen LogP contribution in [0.4, 0.5) is 4.79 Å². The van der Waals surface area contributed by atoms with E-state index in [0.717, 1.165) is 6.42 Å². The topological polar surface area (TPSA) is 55.8 Å². The van der Waals surface area contributed by atoms with Gasteiger partial charge in [-0.25, -0.2) is 9.59 Å². The molecule has 1 amide bonds. The summed E-state index contributed by atoms with van der Waals surface area (Å²) in [6, 6.07) is -0.627. The van der Waals surface area contributed by atoms with Gasteiger partial charge in [0, 0.05) is 7.05 Å². The number of nitrogens with zero attached hydrogens (tertiary/aromatic N) is 1. The molecule has 100 valence electrons. The van der Waals surface area contributed by atoms with Crippen molar-refractivity contribution >= 4 is 12.1 Å². The van der Waals surface area contributed by atoms with E-state index < -0.39 is 18.1 Å². The van der Waals surface area contributed by atoms with Crippen LogP contribution in [0, 0.1) is 5.92 Å². The molecule has 0 saturated carbocycles. The molecule has 0 aromatic heterocycles. The number of rotatable bonds is 6. The largest absolute Gasteiger partial charge is 0.464 e. The summed E-state index contributed by atoms with van der Waals surface area (Å²) in [5, 5.41) is 0. The fourth-order valence-electron chi connectivity index (χ4n) is 0.977. The summed E-state index contributed by atoms with van der Waals surface area (Å²) in [7, 11) is 1.53. The van der Waals surface area contributed by atoms with Crippen LogP contribution < -0.4 is 0 Å². The summed E-state index contributed by atoms with van der Waals surface area (Å²) in [6.45, 7) is 8.16. The lowest BCUT2D eigenvalue weighted by Crippen LogP contribution is -2.41. The maximum absolute atomic E-state index is 11.6. The number of likely N-dealkylation sites (N-methyl/N-ethyl adjacent to an activating group) is 1. The molecule has 0 heterocycles. The molecule has 1 atom stereocenters. The minimum Gasteiger partial charge on any atom is -0.464 e. The van der Waals surface area contributed by atoms with Crippen LogP contribution in [0.5, 0.6) is 0 Å². The van der Waals surface area contributed by atoms with Crippen LogP contribution in [-0.4, -0.2) is 43.3 Å². The number of amides is 1. The molecule has 0 radical (unpaired) electrons. The number of carbonyl (C=O) groups is 2. The number of carbonyl (C=O) groups excluding carboxylic acids is 2. The van der Waals surface area contributed by atoms with E-state index >= 15 is 0 Å². The Morgan fingerprint density at radius 2 is 1.76 bits per heavy atom. The lowest BCUT2D eigenvalue weighted by atomic mass is 10.2. The van der Waals surface area contributed by atoms with Crippen molar-refractivity contribution in [3.05, 3.63) is 0 Å². The average molecular weight is 245 g/mol. The normalized spacial score (nSPS) is 12.1. The van der Waals surface area contributed by atoms with Gasteiger partial charge in [-0.2, -0.15) is 0 Å². The molecular formula is C12H23NO4. The van der Waals surface area contributed by atoms with Gasteiger partial charge in [-0.3, -0.25) is 4.90 Å². The van der Waals surface area contributed by atoms with Crippen molar-refractivity contribution < 1.29 is 19.1 Å². The van der Waals surface area contributed by atoms with Gasteiger partial charge in [-0.1, -0.05) is 20.8 Å². The summed E-state index contributed by atoms with van der Waals surface area (Å²) in [4.78, 5) is 24.3. The van der Waals surface area contributed by atoms with E-state index in [1.54, 1.807) is 6.92 Å². The lowest BCUT2D eigenvalue weighted by molar-refractivity contribution is -0.149. The molecule has 0 aliphatic carbocycles. The van der Waals surface area contributed by atoms with Gasteiger partial charge in [-0.15, -0.1) is 0 Å². The molecule has 0 aliphatic heterocycles. The maximum Gasteiger partial charge on any atom is 0.410 e. The zero-order valence-electron chi connectivity index (χ0n) is 11.4. The second-order valence-electron chi connectivity index (χ2n) is 4.43. The van der Waals surface area contributed by atoms with Gasteiger partial charge >= 0.3 is 12.1 Å². The molecule has 0 saturated heterocycles. The Morgan fingerprint density at radius 1 is 1.18 bits per heavy atom. The van der Waals surface area contributed by atoms with E-state index in [2.05, 4.69) is 0 Å². The van der Waals surface area contributed by atoms with Crippen molar-refractivity contribution in [1.82, 2.24) is 4.90 Å². The van der Waals surface area contributed by atoms with Gasteiger partial charge in [-0.05, 0) is 19.3 Å². The first kappa shape index (κ1) is 15.7. The van der Waals surface area contributed by atoms with Crippen LogP contribution in [0.2, 0.25) is 0 Å². The average Bonchev–Trinajstić information content (AvgIpc) is 2.30. The molecule has 0 aromatic carbocycles. The summed E-state index contributed by atoms with van der Waals surface area (Å²) >= 11 is 0. The standard InChI is InChI=1S/C12H23NO4/c1-6-7-16-12(15)13(5)10(4)11(14)17-8-9(2)3/h9-10H,6-8H2,1-5H3. The highest BCUT2D eigenvalue weighted by molar-refractivity contribution is 5.80. The van der Waals surface area contributed by atoms with Crippen LogP contribution in [0.25, 0.3) is 0 Å². The Balaban J connectivity index is 4.14. The Kier molecular flexibility index (Phi) is 7.34. The van der Waals surface area contributed by atoms with Crippen LogP contribution in [-0.2, 0) is 14.3 Å². The van der Waals surface area contributed by atoms with Crippen molar-refractivity contribution in [1.29, 1.82) is 0 Å². The number of ether oxygens (including phenoxy) is 2. The first-order valence-corrected chi connectivity index (χ1v) is 5.96. The molecule has 0 aromatic rings. The van der Waals surface area contributed by atoms with Gasteiger partial charge in [0.1, 0.15) is 6.04 Å². The van der Waals surface area contributed by atoms with Crippen molar-refractivity contribution in [2.24, 2.45) is 5.92 Å². The molecule has 0 fully saturated rings. The molecule has 5 nitrogen and oxygen atoms in total.